The molecule has 0 unspecified atom stereocenters. The van der Waals surface area contributed by atoms with Gasteiger partial charge in [-0.1, -0.05) is 12.1 Å². The highest BCUT2D eigenvalue weighted by Gasteiger charge is 2.32. The molecular formula is C17H24N4S. The molecule has 0 saturated heterocycles. The van der Waals surface area contributed by atoms with Gasteiger partial charge in [0.1, 0.15) is 0 Å². The molecule has 0 aromatic heterocycles. The van der Waals surface area contributed by atoms with Crippen LogP contribution in [0, 0.1) is 0 Å². The van der Waals surface area contributed by atoms with Crippen molar-refractivity contribution in [1.29, 1.82) is 0 Å². The molecule has 0 radical (unpaired) electrons. The molecule has 5 heteroatoms. The van der Waals surface area contributed by atoms with E-state index in [1.54, 1.807) is 6.21 Å². The molecule has 3 N–H and O–H groups in total. The van der Waals surface area contributed by atoms with Gasteiger partial charge in [-0.2, -0.15) is 5.10 Å². The van der Waals surface area contributed by atoms with Gasteiger partial charge >= 0.3 is 0 Å². The van der Waals surface area contributed by atoms with Crippen molar-refractivity contribution >= 4 is 34.8 Å². The third kappa shape index (κ3) is 3.30. The van der Waals surface area contributed by atoms with Gasteiger partial charge in [0.05, 0.1) is 11.8 Å². The van der Waals surface area contributed by atoms with Crippen LogP contribution in [0.4, 0.5) is 5.69 Å². The molecule has 0 atom stereocenters. The third-order valence-corrected chi connectivity index (χ3v) is 3.89. The number of benzene rings is 1. The summed E-state index contributed by atoms with van der Waals surface area (Å²) in [7, 11) is 0. The van der Waals surface area contributed by atoms with Crippen molar-refractivity contribution in [2.45, 2.75) is 46.2 Å². The summed E-state index contributed by atoms with van der Waals surface area (Å²) in [5.74, 6) is 0. The quantitative estimate of drug-likeness (QED) is 0.510. The number of rotatable bonds is 3. The molecule has 0 bridgehead atoms. The van der Waals surface area contributed by atoms with Crippen molar-refractivity contribution in [1.82, 2.24) is 5.43 Å². The van der Waals surface area contributed by atoms with Crippen LogP contribution in [0.1, 0.15) is 45.7 Å². The van der Waals surface area contributed by atoms with Crippen LogP contribution in [0.3, 0.4) is 0 Å². The molecule has 1 heterocycles. The van der Waals surface area contributed by atoms with Crippen LogP contribution in [0.15, 0.2) is 29.4 Å². The second-order valence-electron chi connectivity index (χ2n) is 6.46. The molecule has 118 valence electrons. The summed E-state index contributed by atoms with van der Waals surface area (Å²) < 4.78 is 0. The van der Waals surface area contributed by atoms with Crippen molar-refractivity contribution in [2.75, 3.05) is 4.90 Å². The summed E-state index contributed by atoms with van der Waals surface area (Å²) in [6, 6.07) is 6.80. The minimum atomic E-state index is 0.00808. The predicted molar refractivity (Wildman–Crippen MR) is 99.3 cm³/mol. The number of hydrogen-bond acceptors (Lipinski definition) is 3. The Morgan fingerprint density at radius 1 is 1.41 bits per heavy atom. The summed E-state index contributed by atoms with van der Waals surface area (Å²) in [5, 5.41) is 4.19. The maximum absolute atomic E-state index is 5.36. The summed E-state index contributed by atoms with van der Waals surface area (Å²) in [6.45, 7) is 11.1. The molecule has 1 aliphatic heterocycles. The van der Waals surface area contributed by atoms with E-state index in [2.05, 4.69) is 74.3 Å². The Bertz CT molecular complexity index is 644. The molecular weight excluding hydrogens is 292 g/mol. The van der Waals surface area contributed by atoms with Gasteiger partial charge in [0.2, 0.25) is 0 Å². The fourth-order valence-corrected chi connectivity index (χ4v) is 3.31. The van der Waals surface area contributed by atoms with Crippen LogP contribution in [0.25, 0.3) is 5.57 Å². The van der Waals surface area contributed by atoms with Crippen LogP contribution >= 0.6 is 12.2 Å². The topological polar surface area (TPSA) is 53.6 Å². The number of allylic oxidation sites excluding steroid dienone is 1. The van der Waals surface area contributed by atoms with Gasteiger partial charge in [0.15, 0.2) is 5.11 Å². The third-order valence-electron chi connectivity index (χ3n) is 3.80. The molecule has 1 aliphatic rings. The van der Waals surface area contributed by atoms with Crippen molar-refractivity contribution in [2.24, 2.45) is 10.8 Å². The Balaban J connectivity index is 2.43. The second kappa shape index (κ2) is 6.08. The number of nitrogens with one attached hydrogen (secondary N) is 1. The van der Waals surface area contributed by atoms with E-state index in [1.807, 2.05) is 0 Å². The molecule has 22 heavy (non-hydrogen) atoms. The first-order valence-corrected chi connectivity index (χ1v) is 7.85. The van der Waals surface area contributed by atoms with E-state index in [9.17, 15) is 0 Å². The average Bonchev–Trinajstić information content (AvgIpc) is 2.37. The number of nitrogens with two attached hydrogens (primary N) is 1. The van der Waals surface area contributed by atoms with E-state index in [-0.39, 0.29) is 10.7 Å². The largest absolute Gasteiger partial charge is 0.375 e. The lowest BCUT2D eigenvalue weighted by atomic mass is 9.87. The molecule has 1 aromatic carbocycles. The maximum atomic E-state index is 5.36. The van der Waals surface area contributed by atoms with Gasteiger partial charge in [0, 0.05) is 17.3 Å². The fraction of sp³-hybridized carbons (Fsp3) is 0.412. The fourth-order valence-electron chi connectivity index (χ4n) is 3.26. The van der Waals surface area contributed by atoms with E-state index in [0.29, 0.717) is 6.04 Å². The first-order chi connectivity index (χ1) is 10.2. The number of hydrogen-bond donors (Lipinski definition) is 2. The standard InChI is InChI=1S/C17H24N4S/c1-11(2)21-15-7-6-13(10-19-20-16(18)22)8-14(15)12(3)9-17(21,4)5/h6-11H,1-5H3,(H3,18,20,22)/b19-10+. The Morgan fingerprint density at radius 2 is 2.09 bits per heavy atom. The molecule has 0 spiro atoms. The van der Waals surface area contributed by atoms with Crippen molar-refractivity contribution in [3.63, 3.8) is 0 Å². The van der Waals surface area contributed by atoms with Crippen LogP contribution < -0.4 is 16.1 Å². The monoisotopic (exact) mass is 316 g/mol. The molecule has 0 fully saturated rings. The van der Waals surface area contributed by atoms with Crippen molar-refractivity contribution < 1.29 is 0 Å². The number of anilines is 1. The Labute approximate surface area is 138 Å². The zero-order valence-electron chi connectivity index (χ0n) is 13.8. The smallest absolute Gasteiger partial charge is 0.184 e. The normalized spacial score (nSPS) is 16.6. The van der Waals surface area contributed by atoms with Gasteiger partial charge in [0.25, 0.3) is 0 Å². The SMILES string of the molecule is CC1=CC(C)(C)N(C(C)C)c2ccc(/C=N/NC(N)=S)cc21. The zero-order chi connectivity index (χ0) is 16.5. The molecule has 0 amide bonds. The number of fused-ring (bicyclic) bond motifs is 1. The molecule has 4 nitrogen and oxygen atoms in total. The maximum Gasteiger partial charge on any atom is 0.184 e. The van der Waals surface area contributed by atoms with E-state index in [1.165, 1.54) is 16.8 Å². The van der Waals surface area contributed by atoms with Crippen LogP contribution in [-0.4, -0.2) is 22.9 Å². The lowest BCUT2D eigenvalue weighted by Crippen LogP contribution is -2.49. The minimum Gasteiger partial charge on any atom is -0.375 e. The Hall–Kier alpha value is -1.88. The van der Waals surface area contributed by atoms with Gasteiger partial charge < -0.3 is 10.6 Å². The van der Waals surface area contributed by atoms with Crippen LogP contribution in [0.2, 0.25) is 0 Å². The number of nitrogens with zero attached hydrogens (tertiary/aromatic N) is 2. The summed E-state index contributed by atoms with van der Waals surface area (Å²) in [5.41, 5.74) is 12.8. The minimum absolute atomic E-state index is 0.00808. The van der Waals surface area contributed by atoms with E-state index >= 15 is 0 Å². The Morgan fingerprint density at radius 3 is 2.68 bits per heavy atom. The van der Waals surface area contributed by atoms with E-state index < -0.39 is 0 Å². The van der Waals surface area contributed by atoms with Crippen LogP contribution in [0.5, 0.6) is 0 Å². The molecule has 0 aliphatic carbocycles. The van der Waals surface area contributed by atoms with Gasteiger partial charge in [-0.3, -0.25) is 5.43 Å². The van der Waals surface area contributed by atoms with E-state index in [0.717, 1.165) is 5.56 Å². The summed E-state index contributed by atoms with van der Waals surface area (Å²) >= 11 is 4.73. The highest BCUT2D eigenvalue weighted by Crippen LogP contribution is 2.40. The van der Waals surface area contributed by atoms with Crippen molar-refractivity contribution in [3.05, 3.63) is 35.4 Å². The predicted octanol–water partition coefficient (Wildman–Crippen LogP) is 3.26. The first kappa shape index (κ1) is 16.5. The van der Waals surface area contributed by atoms with E-state index in [4.69, 9.17) is 18.0 Å². The zero-order valence-corrected chi connectivity index (χ0v) is 14.7. The van der Waals surface area contributed by atoms with Crippen molar-refractivity contribution in [3.8, 4) is 0 Å². The van der Waals surface area contributed by atoms with Gasteiger partial charge in [-0.05, 0) is 70.1 Å². The van der Waals surface area contributed by atoms with Crippen LogP contribution in [-0.2, 0) is 0 Å². The second-order valence-corrected chi connectivity index (χ2v) is 6.90. The van der Waals surface area contributed by atoms with Gasteiger partial charge in [-0.25, -0.2) is 0 Å². The molecule has 1 aromatic rings. The highest BCUT2D eigenvalue weighted by atomic mass is 32.1. The summed E-state index contributed by atoms with van der Waals surface area (Å²) in [6.07, 6.45) is 4.05. The first-order valence-electron chi connectivity index (χ1n) is 7.44. The molecule has 0 saturated carbocycles. The molecule has 2 rings (SSSR count). The number of thiocarbonyl (C=S) groups is 1. The summed E-state index contributed by atoms with van der Waals surface area (Å²) in [4.78, 5) is 2.45. The highest BCUT2D eigenvalue weighted by molar-refractivity contribution is 7.80. The van der Waals surface area contributed by atoms with Gasteiger partial charge in [-0.15, -0.1) is 0 Å². The average molecular weight is 316 g/mol. The number of hydrazone groups is 1. The Kier molecular flexibility index (Phi) is 4.56. The lowest BCUT2D eigenvalue weighted by molar-refractivity contribution is 0.507. The lowest BCUT2D eigenvalue weighted by Gasteiger charge is -2.46.